The lowest BCUT2D eigenvalue weighted by Crippen LogP contribution is -2.20. The molecule has 6 heteroatoms. The van der Waals surface area contributed by atoms with Crippen LogP contribution in [0.5, 0.6) is 0 Å². The number of likely N-dealkylation sites (N-methyl/N-ethyl adjacent to an activating group) is 1. The van der Waals surface area contributed by atoms with Crippen LogP contribution in [0.25, 0.3) is 16.1 Å². The molecule has 2 heterocycles. The van der Waals surface area contributed by atoms with Gasteiger partial charge in [0.15, 0.2) is 0 Å². The molecule has 1 N–H and O–H groups in total. The fourth-order valence-corrected chi connectivity index (χ4v) is 3.37. The van der Waals surface area contributed by atoms with Gasteiger partial charge in [0.1, 0.15) is 12.7 Å². The van der Waals surface area contributed by atoms with Gasteiger partial charge in [0.25, 0.3) is 0 Å². The van der Waals surface area contributed by atoms with Gasteiger partial charge in [-0.2, -0.15) is 0 Å². The third-order valence-electron chi connectivity index (χ3n) is 3.42. The van der Waals surface area contributed by atoms with Crippen molar-refractivity contribution in [2.75, 3.05) is 20.2 Å². The Balaban J connectivity index is 1.80. The van der Waals surface area contributed by atoms with E-state index in [-0.39, 0.29) is 6.61 Å². The molecule has 3 rings (SSSR count). The number of aromatic nitrogens is 3. The van der Waals surface area contributed by atoms with Gasteiger partial charge in [-0.1, -0.05) is 12.1 Å². The molecule has 0 aliphatic rings. The molecule has 1 aromatic carbocycles. The maximum atomic E-state index is 8.97. The minimum absolute atomic E-state index is 0.190. The van der Waals surface area contributed by atoms with Crippen LogP contribution in [0.15, 0.2) is 49.1 Å². The molecule has 0 bridgehead atoms. The zero-order chi connectivity index (χ0) is 15.4. The van der Waals surface area contributed by atoms with Crippen molar-refractivity contribution in [1.82, 2.24) is 19.7 Å². The summed E-state index contributed by atoms with van der Waals surface area (Å²) in [6, 6.07) is 12.6. The summed E-state index contributed by atoms with van der Waals surface area (Å²) >= 11 is 1.78. The number of benzene rings is 1. The van der Waals surface area contributed by atoms with Gasteiger partial charge < -0.3 is 5.11 Å². The maximum Gasteiger partial charge on any atom is 0.123 e. The zero-order valence-electron chi connectivity index (χ0n) is 12.4. The molecular formula is C16H18N4OS. The van der Waals surface area contributed by atoms with Crippen LogP contribution in [0.1, 0.15) is 4.88 Å². The highest BCUT2D eigenvalue weighted by molar-refractivity contribution is 7.15. The van der Waals surface area contributed by atoms with Crippen LogP contribution < -0.4 is 0 Å². The quantitative estimate of drug-likeness (QED) is 0.759. The molecule has 0 saturated carbocycles. The normalized spacial score (nSPS) is 11.2. The predicted molar refractivity (Wildman–Crippen MR) is 88.1 cm³/mol. The van der Waals surface area contributed by atoms with Crippen LogP contribution in [0, 0.1) is 0 Å². The van der Waals surface area contributed by atoms with Crippen LogP contribution in [0.2, 0.25) is 0 Å². The number of nitrogens with zero attached hydrogens (tertiary/aromatic N) is 4. The van der Waals surface area contributed by atoms with Crippen molar-refractivity contribution in [2.24, 2.45) is 0 Å². The monoisotopic (exact) mass is 314 g/mol. The first kappa shape index (κ1) is 14.9. The summed E-state index contributed by atoms with van der Waals surface area (Å²) < 4.78 is 1.90. The van der Waals surface area contributed by atoms with Crippen molar-refractivity contribution in [3.05, 3.63) is 53.9 Å². The Morgan fingerprint density at radius 2 is 2.00 bits per heavy atom. The predicted octanol–water partition coefficient (Wildman–Crippen LogP) is 2.42. The van der Waals surface area contributed by atoms with Gasteiger partial charge in [0, 0.05) is 28.5 Å². The Hall–Kier alpha value is -2.02. The second-order valence-corrected chi connectivity index (χ2v) is 6.32. The SMILES string of the molecule is CN(CCO)Cc1ccc(-c2cccc(-n3cnnc3)c2)s1. The van der Waals surface area contributed by atoms with Gasteiger partial charge in [-0.05, 0) is 36.9 Å². The molecule has 0 amide bonds. The topological polar surface area (TPSA) is 54.2 Å². The standard InChI is InChI=1S/C16H18N4OS/c1-19(7-8-21)10-15-5-6-16(22-15)13-3-2-4-14(9-13)20-11-17-18-12-20/h2-6,9,11-12,21H,7-8,10H2,1H3. The van der Waals surface area contributed by atoms with E-state index in [9.17, 15) is 0 Å². The Bertz CT molecular complexity index is 723. The highest BCUT2D eigenvalue weighted by Gasteiger charge is 2.07. The molecule has 0 aliphatic heterocycles. The number of rotatable bonds is 6. The summed E-state index contributed by atoms with van der Waals surface area (Å²) in [4.78, 5) is 4.64. The van der Waals surface area contributed by atoms with Gasteiger partial charge >= 0.3 is 0 Å². The summed E-state index contributed by atoms with van der Waals surface area (Å²) in [6.07, 6.45) is 3.39. The lowest BCUT2D eigenvalue weighted by Gasteiger charge is -2.13. The largest absolute Gasteiger partial charge is 0.395 e. The van der Waals surface area contributed by atoms with Crippen LogP contribution in [0.3, 0.4) is 0 Å². The van der Waals surface area contributed by atoms with E-state index in [0.717, 1.165) is 12.2 Å². The van der Waals surface area contributed by atoms with E-state index in [1.807, 2.05) is 23.7 Å². The molecule has 3 aromatic rings. The minimum atomic E-state index is 0.190. The summed E-state index contributed by atoms with van der Waals surface area (Å²) in [6.45, 7) is 1.74. The lowest BCUT2D eigenvalue weighted by atomic mass is 10.1. The minimum Gasteiger partial charge on any atom is -0.395 e. The van der Waals surface area contributed by atoms with Gasteiger partial charge in [0.05, 0.1) is 6.61 Å². The summed E-state index contributed by atoms with van der Waals surface area (Å²) in [5, 5.41) is 16.7. The molecule has 0 atom stereocenters. The number of thiophene rings is 1. The molecule has 22 heavy (non-hydrogen) atoms. The van der Waals surface area contributed by atoms with Gasteiger partial charge in [-0.3, -0.25) is 9.47 Å². The van der Waals surface area contributed by atoms with Crippen LogP contribution in [-0.4, -0.2) is 45.0 Å². The van der Waals surface area contributed by atoms with Crippen LogP contribution >= 0.6 is 11.3 Å². The average Bonchev–Trinajstić information content (AvgIpc) is 3.19. The third-order valence-corrected chi connectivity index (χ3v) is 4.54. The van der Waals surface area contributed by atoms with Crippen LogP contribution in [0.4, 0.5) is 0 Å². The zero-order valence-corrected chi connectivity index (χ0v) is 13.2. The maximum absolute atomic E-state index is 8.97. The highest BCUT2D eigenvalue weighted by Crippen LogP contribution is 2.29. The van der Waals surface area contributed by atoms with Gasteiger partial charge in [0.2, 0.25) is 0 Å². The molecule has 0 unspecified atom stereocenters. The van der Waals surface area contributed by atoms with Crippen molar-refractivity contribution >= 4 is 11.3 Å². The van der Waals surface area contributed by atoms with E-state index in [1.165, 1.54) is 15.3 Å². The van der Waals surface area contributed by atoms with Crippen molar-refractivity contribution in [3.63, 3.8) is 0 Å². The lowest BCUT2D eigenvalue weighted by molar-refractivity contribution is 0.218. The fraction of sp³-hybridized carbons (Fsp3) is 0.250. The molecule has 0 spiro atoms. The number of hydrogen-bond donors (Lipinski definition) is 1. The Labute approximate surface area is 133 Å². The van der Waals surface area contributed by atoms with Crippen molar-refractivity contribution in [1.29, 1.82) is 0 Å². The number of aliphatic hydroxyl groups excluding tert-OH is 1. The summed E-state index contributed by atoms with van der Waals surface area (Å²) in [7, 11) is 2.02. The van der Waals surface area contributed by atoms with Gasteiger partial charge in [-0.15, -0.1) is 21.5 Å². The van der Waals surface area contributed by atoms with E-state index < -0.39 is 0 Å². The molecule has 2 aromatic heterocycles. The number of hydrogen-bond acceptors (Lipinski definition) is 5. The molecule has 5 nitrogen and oxygen atoms in total. The first-order valence-electron chi connectivity index (χ1n) is 7.10. The Morgan fingerprint density at radius 1 is 1.18 bits per heavy atom. The van der Waals surface area contributed by atoms with Gasteiger partial charge in [-0.25, -0.2) is 0 Å². The molecule has 0 radical (unpaired) electrons. The van der Waals surface area contributed by atoms with Crippen molar-refractivity contribution < 1.29 is 5.11 Å². The highest BCUT2D eigenvalue weighted by atomic mass is 32.1. The van der Waals surface area contributed by atoms with E-state index in [0.29, 0.717) is 6.54 Å². The second-order valence-electron chi connectivity index (χ2n) is 5.15. The first-order valence-corrected chi connectivity index (χ1v) is 7.91. The van der Waals surface area contributed by atoms with E-state index in [2.05, 4.69) is 39.4 Å². The average molecular weight is 314 g/mol. The van der Waals surface area contributed by atoms with Crippen molar-refractivity contribution in [3.8, 4) is 16.1 Å². The Kier molecular flexibility index (Phi) is 4.62. The third kappa shape index (κ3) is 3.41. The molecular weight excluding hydrogens is 296 g/mol. The smallest absolute Gasteiger partial charge is 0.123 e. The molecule has 0 fully saturated rings. The number of aliphatic hydroxyl groups is 1. The summed E-state index contributed by atoms with van der Waals surface area (Å²) in [5.74, 6) is 0. The van der Waals surface area contributed by atoms with E-state index >= 15 is 0 Å². The van der Waals surface area contributed by atoms with E-state index in [4.69, 9.17) is 5.11 Å². The van der Waals surface area contributed by atoms with Crippen molar-refractivity contribution in [2.45, 2.75) is 6.54 Å². The molecule has 0 saturated heterocycles. The first-order chi connectivity index (χ1) is 10.8. The molecule has 0 aliphatic carbocycles. The Morgan fingerprint density at radius 3 is 2.77 bits per heavy atom. The summed E-state index contributed by atoms with van der Waals surface area (Å²) in [5.41, 5.74) is 2.24. The van der Waals surface area contributed by atoms with E-state index in [1.54, 1.807) is 24.0 Å². The second kappa shape index (κ2) is 6.83. The van der Waals surface area contributed by atoms with Crippen LogP contribution in [-0.2, 0) is 6.54 Å². The fourth-order valence-electron chi connectivity index (χ4n) is 2.29. The molecule has 114 valence electrons.